The van der Waals surface area contributed by atoms with E-state index in [1.807, 2.05) is 49.2 Å². The molecule has 1 saturated carbocycles. The Morgan fingerprint density at radius 3 is 3.00 bits per heavy atom. The molecule has 4 rings (SSSR count). The summed E-state index contributed by atoms with van der Waals surface area (Å²) in [5.74, 6) is -0.0273. The minimum atomic E-state index is -0.0273. The number of anilines is 1. The molecule has 1 aliphatic rings. The molecule has 1 aromatic heterocycles. The van der Waals surface area contributed by atoms with Crippen molar-refractivity contribution in [3.63, 3.8) is 0 Å². The van der Waals surface area contributed by atoms with Crippen molar-refractivity contribution >= 4 is 34.6 Å². The monoisotopic (exact) mass is 433 g/mol. The number of fused-ring (bicyclic) bond motifs is 1. The Kier molecular flexibility index (Phi) is 7.17. The highest BCUT2D eigenvalue weighted by molar-refractivity contribution is 6.26. The lowest BCUT2D eigenvalue weighted by atomic mass is 9.89. The van der Waals surface area contributed by atoms with Crippen LogP contribution in [0.15, 0.2) is 58.3 Å². The summed E-state index contributed by atoms with van der Waals surface area (Å²) in [6.45, 7) is 3.50. The van der Waals surface area contributed by atoms with Gasteiger partial charge < -0.3 is 20.0 Å². The van der Waals surface area contributed by atoms with E-state index in [4.69, 9.17) is 4.42 Å². The Morgan fingerprint density at radius 1 is 1.28 bits per heavy atom. The lowest BCUT2D eigenvalue weighted by Gasteiger charge is -2.37. The van der Waals surface area contributed by atoms with E-state index in [9.17, 15) is 4.79 Å². The molecule has 1 aliphatic carbocycles. The largest absolute Gasteiger partial charge is 0.443 e. The fraction of sp³-hybridized carbons (Fsp3) is 0.400. The van der Waals surface area contributed by atoms with Gasteiger partial charge in [0.1, 0.15) is 5.52 Å². The van der Waals surface area contributed by atoms with Gasteiger partial charge in [0.15, 0.2) is 12.0 Å². The van der Waals surface area contributed by atoms with Crippen LogP contribution in [0.1, 0.15) is 38.2 Å². The van der Waals surface area contributed by atoms with Crippen LogP contribution in [0.25, 0.3) is 11.1 Å². The number of hydrogen-bond donors (Lipinski definition) is 2. The number of aliphatic imine (C=N–C) groups is 1. The van der Waals surface area contributed by atoms with Crippen molar-refractivity contribution in [3.05, 3.63) is 54.4 Å². The molecule has 1 fully saturated rings. The van der Waals surface area contributed by atoms with Crippen molar-refractivity contribution in [2.24, 2.45) is 4.99 Å². The molecule has 0 bridgehead atoms. The Bertz CT molecular complexity index is 1080. The molecule has 7 heteroatoms. The van der Waals surface area contributed by atoms with Crippen molar-refractivity contribution in [1.82, 2.24) is 15.2 Å². The quantitative estimate of drug-likeness (QED) is 0.510. The molecule has 2 aromatic carbocycles. The van der Waals surface area contributed by atoms with Crippen LogP contribution < -0.4 is 10.6 Å². The van der Waals surface area contributed by atoms with Crippen LogP contribution in [0.2, 0.25) is 0 Å². The third kappa shape index (κ3) is 5.16. The predicted molar refractivity (Wildman–Crippen MR) is 128 cm³/mol. The summed E-state index contributed by atoms with van der Waals surface area (Å²) in [6, 6.07) is 14.4. The number of carbonyl (C=O) groups excluding carboxylic acids is 1. The van der Waals surface area contributed by atoms with Crippen LogP contribution in [0, 0.1) is 0 Å². The van der Waals surface area contributed by atoms with E-state index in [0.717, 1.165) is 54.7 Å². The van der Waals surface area contributed by atoms with Gasteiger partial charge in [0, 0.05) is 32.2 Å². The molecule has 0 spiro atoms. The molecule has 0 aliphatic heterocycles. The third-order valence-corrected chi connectivity index (χ3v) is 6.19. The molecule has 3 aromatic rings. The first-order valence-electron chi connectivity index (χ1n) is 11.3. The Labute approximate surface area is 188 Å². The van der Waals surface area contributed by atoms with E-state index < -0.39 is 0 Å². The summed E-state index contributed by atoms with van der Waals surface area (Å²) in [5.41, 5.74) is 4.56. The summed E-state index contributed by atoms with van der Waals surface area (Å²) in [4.78, 5) is 23.6. The van der Waals surface area contributed by atoms with Crippen LogP contribution in [-0.4, -0.2) is 47.7 Å². The van der Waals surface area contributed by atoms with Gasteiger partial charge >= 0.3 is 0 Å². The topological polar surface area (TPSA) is 82.8 Å². The molecule has 0 radical (unpaired) electrons. The third-order valence-electron chi connectivity index (χ3n) is 6.19. The highest BCUT2D eigenvalue weighted by Gasteiger charge is 2.28. The SMILES string of the molecule is CCN(C(=O)/C=N/c1ccccc1NC)C1CCCC(NCc2ccc3ocnc3c2)C1. The fourth-order valence-corrected chi connectivity index (χ4v) is 4.50. The second kappa shape index (κ2) is 10.4. The molecule has 168 valence electrons. The van der Waals surface area contributed by atoms with E-state index in [-0.39, 0.29) is 11.9 Å². The second-order valence-electron chi connectivity index (χ2n) is 8.20. The zero-order chi connectivity index (χ0) is 22.3. The van der Waals surface area contributed by atoms with Crippen LogP contribution in [0.4, 0.5) is 11.4 Å². The van der Waals surface area contributed by atoms with Crippen LogP contribution in [-0.2, 0) is 11.3 Å². The van der Waals surface area contributed by atoms with Crippen LogP contribution in [0.5, 0.6) is 0 Å². The van der Waals surface area contributed by atoms with Crippen molar-refractivity contribution in [2.75, 3.05) is 18.9 Å². The van der Waals surface area contributed by atoms with E-state index in [1.54, 1.807) is 0 Å². The minimum Gasteiger partial charge on any atom is -0.443 e. The highest BCUT2D eigenvalue weighted by atomic mass is 16.3. The van der Waals surface area contributed by atoms with E-state index >= 15 is 0 Å². The number of benzene rings is 2. The molecule has 1 heterocycles. The lowest BCUT2D eigenvalue weighted by molar-refractivity contribution is -0.126. The first kappa shape index (κ1) is 22.0. The van der Waals surface area contributed by atoms with Gasteiger partial charge in [-0.3, -0.25) is 4.79 Å². The average molecular weight is 434 g/mol. The molecule has 1 amide bonds. The zero-order valence-electron chi connectivity index (χ0n) is 18.8. The van der Waals surface area contributed by atoms with Gasteiger partial charge in [-0.05, 0) is 62.4 Å². The lowest BCUT2D eigenvalue weighted by Crippen LogP contribution is -2.47. The van der Waals surface area contributed by atoms with E-state index in [2.05, 4.69) is 32.7 Å². The number of nitrogens with one attached hydrogen (secondary N) is 2. The molecule has 2 atom stereocenters. The number of carbonyl (C=O) groups is 1. The van der Waals surface area contributed by atoms with Gasteiger partial charge in [-0.2, -0.15) is 0 Å². The minimum absolute atomic E-state index is 0.0273. The van der Waals surface area contributed by atoms with Gasteiger partial charge in [0.25, 0.3) is 5.91 Å². The summed E-state index contributed by atoms with van der Waals surface area (Å²) < 4.78 is 5.32. The first-order chi connectivity index (χ1) is 15.7. The smallest absolute Gasteiger partial charge is 0.265 e. The highest BCUT2D eigenvalue weighted by Crippen LogP contribution is 2.25. The summed E-state index contributed by atoms with van der Waals surface area (Å²) >= 11 is 0. The van der Waals surface area contributed by atoms with Gasteiger partial charge in [-0.1, -0.05) is 18.2 Å². The Balaban J connectivity index is 1.36. The molecule has 2 N–H and O–H groups in total. The zero-order valence-corrected chi connectivity index (χ0v) is 18.8. The number of aromatic nitrogens is 1. The van der Waals surface area contributed by atoms with Gasteiger partial charge in [-0.15, -0.1) is 0 Å². The van der Waals surface area contributed by atoms with Crippen LogP contribution >= 0.6 is 0 Å². The molecular weight excluding hydrogens is 402 g/mol. The Morgan fingerprint density at radius 2 is 2.16 bits per heavy atom. The normalized spacial score (nSPS) is 18.8. The number of para-hydroxylation sites is 2. The van der Waals surface area contributed by atoms with Crippen molar-refractivity contribution in [2.45, 2.75) is 51.2 Å². The standard InChI is InChI=1S/C25H31N5O2/c1-3-30(25(31)16-28-22-10-5-4-9-21(22)26-2)20-8-6-7-19(14-20)27-15-18-11-12-24-23(13-18)29-17-32-24/h4-5,9-13,16-17,19-20,26-27H,3,6-8,14-15H2,1-2H3/b28-16+. The fourth-order valence-electron chi connectivity index (χ4n) is 4.50. The van der Waals surface area contributed by atoms with Crippen molar-refractivity contribution in [1.29, 1.82) is 0 Å². The van der Waals surface area contributed by atoms with E-state index in [1.165, 1.54) is 18.2 Å². The molecule has 32 heavy (non-hydrogen) atoms. The molecule has 2 unspecified atom stereocenters. The van der Waals surface area contributed by atoms with Crippen molar-refractivity contribution in [3.8, 4) is 0 Å². The summed E-state index contributed by atoms with van der Waals surface area (Å²) in [5, 5.41) is 6.79. The second-order valence-corrected chi connectivity index (χ2v) is 8.20. The number of nitrogens with zero attached hydrogens (tertiary/aromatic N) is 3. The molecule has 7 nitrogen and oxygen atoms in total. The van der Waals surface area contributed by atoms with Crippen LogP contribution in [0.3, 0.4) is 0 Å². The van der Waals surface area contributed by atoms with Gasteiger partial charge in [0.05, 0.1) is 17.6 Å². The number of hydrogen-bond acceptors (Lipinski definition) is 6. The summed E-state index contributed by atoms with van der Waals surface area (Å²) in [7, 11) is 1.85. The molecule has 0 saturated heterocycles. The average Bonchev–Trinajstić information content (AvgIpc) is 3.30. The number of oxazole rings is 1. The number of amides is 1. The maximum Gasteiger partial charge on any atom is 0.265 e. The maximum atomic E-state index is 13.0. The molecular formula is C25H31N5O2. The predicted octanol–water partition coefficient (Wildman–Crippen LogP) is 4.52. The van der Waals surface area contributed by atoms with Crippen molar-refractivity contribution < 1.29 is 9.21 Å². The Hall–Kier alpha value is -3.19. The first-order valence-corrected chi connectivity index (χ1v) is 11.3. The maximum absolute atomic E-state index is 13.0. The van der Waals surface area contributed by atoms with Gasteiger partial charge in [-0.25, -0.2) is 9.98 Å². The van der Waals surface area contributed by atoms with Gasteiger partial charge in [0.2, 0.25) is 0 Å². The number of rotatable bonds is 8. The summed E-state index contributed by atoms with van der Waals surface area (Å²) in [6.07, 6.45) is 7.15. The van der Waals surface area contributed by atoms with E-state index in [0.29, 0.717) is 12.6 Å².